The molecule has 156 valence electrons. The van der Waals surface area contributed by atoms with Crippen molar-refractivity contribution in [2.75, 3.05) is 33.2 Å². The summed E-state index contributed by atoms with van der Waals surface area (Å²) >= 11 is 0. The minimum atomic E-state index is 0.518. The largest absolute Gasteiger partial charge is 0.400 e. The highest BCUT2D eigenvalue weighted by molar-refractivity contribution is 6.06. The molecule has 1 aromatic carbocycles. The number of pyridine rings is 1. The lowest BCUT2D eigenvalue weighted by Gasteiger charge is -2.11. The highest BCUT2D eigenvalue weighted by Crippen LogP contribution is 2.29. The van der Waals surface area contributed by atoms with E-state index in [1.165, 1.54) is 0 Å². The van der Waals surface area contributed by atoms with Crippen LogP contribution in [0.3, 0.4) is 0 Å². The number of rotatable bonds is 8. The number of fused-ring (bicyclic) bond motifs is 3. The minimum Gasteiger partial charge on any atom is -0.400 e. The maximum Gasteiger partial charge on any atom is 0.152 e. The smallest absolute Gasteiger partial charge is 0.152 e. The molecule has 2 aromatic heterocycles. The minimum absolute atomic E-state index is 0.518. The lowest BCUT2D eigenvalue weighted by molar-refractivity contribution is 0.399. The molecule has 0 aliphatic rings. The number of nitrogens with zero attached hydrogens (tertiary/aromatic N) is 3. The number of hydrogen-bond acceptors (Lipinski definition) is 7. The summed E-state index contributed by atoms with van der Waals surface area (Å²) in [7, 11) is 2.00. The van der Waals surface area contributed by atoms with Gasteiger partial charge in [0.1, 0.15) is 11.3 Å². The summed E-state index contributed by atoms with van der Waals surface area (Å²) in [6, 6.07) is 8.15. The topological polar surface area (TPSA) is 135 Å². The fourth-order valence-corrected chi connectivity index (χ4v) is 3.18. The third kappa shape index (κ3) is 5.62. The van der Waals surface area contributed by atoms with Gasteiger partial charge >= 0.3 is 0 Å². The molecule has 2 heterocycles. The molecule has 0 aliphatic heterocycles. The number of aliphatic hydroxyl groups is 2. The zero-order valence-corrected chi connectivity index (χ0v) is 17.1. The Labute approximate surface area is 166 Å². The van der Waals surface area contributed by atoms with Crippen molar-refractivity contribution >= 4 is 27.8 Å². The van der Waals surface area contributed by atoms with E-state index in [0.717, 1.165) is 80.8 Å². The predicted molar refractivity (Wildman–Crippen MR) is 116 cm³/mol. The van der Waals surface area contributed by atoms with Crippen LogP contribution in [0, 0.1) is 0 Å². The summed E-state index contributed by atoms with van der Waals surface area (Å²) in [5, 5.41) is 18.3. The molecule has 0 aliphatic carbocycles. The molecule has 8 heteroatoms. The molecule has 0 bridgehead atoms. The Hall–Kier alpha value is -2.26. The molecule has 0 spiro atoms. The Morgan fingerprint density at radius 3 is 2.46 bits per heavy atom. The number of benzene rings is 1. The summed E-state index contributed by atoms with van der Waals surface area (Å²) in [6.07, 6.45) is 4.17. The molecule has 3 aromatic rings. The third-order valence-electron chi connectivity index (χ3n) is 4.29. The molecule has 8 nitrogen and oxygen atoms in total. The van der Waals surface area contributed by atoms with Crippen molar-refractivity contribution in [3.63, 3.8) is 0 Å². The molecular weight excluding hydrogens is 356 g/mol. The summed E-state index contributed by atoms with van der Waals surface area (Å²) < 4.78 is 2.33. The summed E-state index contributed by atoms with van der Waals surface area (Å²) in [5.74, 6) is 1.62. The SMILES string of the molecule is CCCc1nc2c(N)nc3ccccc3c2n1CCCCNCN.CO.CO. The molecule has 3 rings (SSSR count). The first kappa shape index (κ1) is 23.8. The molecule has 0 radical (unpaired) electrons. The van der Waals surface area contributed by atoms with E-state index in [1.54, 1.807) is 0 Å². The second-order valence-corrected chi connectivity index (χ2v) is 6.05. The third-order valence-corrected chi connectivity index (χ3v) is 4.29. The highest BCUT2D eigenvalue weighted by atomic mass is 16.2. The summed E-state index contributed by atoms with van der Waals surface area (Å²) in [5.41, 5.74) is 14.5. The van der Waals surface area contributed by atoms with Gasteiger partial charge in [-0.05, 0) is 31.9 Å². The molecule has 0 saturated carbocycles. The van der Waals surface area contributed by atoms with E-state index in [9.17, 15) is 0 Å². The number of hydrogen-bond donors (Lipinski definition) is 5. The molecule has 0 fully saturated rings. The molecule has 0 atom stereocenters. The van der Waals surface area contributed by atoms with Gasteiger partial charge in [-0.25, -0.2) is 9.97 Å². The quantitative estimate of drug-likeness (QED) is 0.291. The first-order valence-electron chi connectivity index (χ1n) is 9.59. The number of nitrogens with one attached hydrogen (secondary N) is 1. The van der Waals surface area contributed by atoms with Crippen molar-refractivity contribution in [2.45, 2.75) is 39.2 Å². The van der Waals surface area contributed by atoms with Crippen LogP contribution < -0.4 is 16.8 Å². The first-order valence-corrected chi connectivity index (χ1v) is 9.59. The molecule has 0 saturated heterocycles. The van der Waals surface area contributed by atoms with E-state index in [1.807, 2.05) is 18.2 Å². The van der Waals surface area contributed by atoms with Gasteiger partial charge in [0.2, 0.25) is 0 Å². The number of aromatic nitrogens is 3. The van der Waals surface area contributed by atoms with Gasteiger partial charge in [0.15, 0.2) is 5.82 Å². The number of para-hydroxylation sites is 1. The predicted octanol–water partition coefficient (Wildman–Crippen LogP) is 1.62. The molecule has 0 unspecified atom stereocenters. The summed E-state index contributed by atoms with van der Waals surface area (Å²) in [6.45, 7) is 4.58. The Morgan fingerprint density at radius 1 is 1.07 bits per heavy atom. The van der Waals surface area contributed by atoms with Crippen molar-refractivity contribution < 1.29 is 10.2 Å². The normalized spacial score (nSPS) is 10.4. The van der Waals surface area contributed by atoms with E-state index in [4.69, 9.17) is 26.7 Å². The van der Waals surface area contributed by atoms with Crippen LogP contribution >= 0.6 is 0 Å². The van der Waals surface area contributed by atoms with Gasteiger partial charge in [-0.2, -0.15) is 0 Å². The lowest BCUT2D eigenvalue weighted by atomic mass is 10.2. The van der Waals surface area contributed by atoms with Gasteiger partial charge in [0, 0.05) is 39.2 Å². The van der Waals surface area contributed by atoms with Crippen molar-refractivity contribution in [3.05, 3.63) is 30.1 Å². The standard InChI is InChI=1S/C18H26N6.2CH4O/c1-2-7-15-23-16-17(24(15)11-6-5-10-21-12-19)13-8-3-4-9-14(13)22-18(16)20;2*1-2/h3-4,8-9,21H,2,5-7,10-12,19H2,1H3,(H2,20,22);2*2H,1H3. The van der Waals surface area contributed by atoms with Crippen LogP contribution in [-0.2, 0) is 13.0 Å². The van der Waals surface area contributed by atoms with Gasteiger partial charge in [-0.3, -0.25) is 0 Å². The number of nitrogens with two attached hydrogens (primary N) is 2. The molecule has 0 amide bonds. The Kier molecular flexibility index (Phi) is 11.0. The van der Waals surface area contributed by atoms with Crippen molar-refractivity contribution in [1.82, 2.24) is 19.9 Å². The van der Waals surface area contributed by atoms with E-state index in [2.05, 4.69) is 27.9 Å². The van der Waals surface area contributed by atoms with Crippen molar-refractivity contribution in [1.29, 1.82) is 0 Å². The first-order chi connectivity index (χ1) is 13.8. The van der Waals surface area contributed by atoms with Crippen LogP contribution in [0.25, 0.3) is 21.9 Å². The van der Waals surface area contributed by atoms with Crippen LogP contribution in [0.5, 0.6) is 0 Å². The highest BCUT2D eigenvalue weighted by Gasteiger charge is 2.16. The lowest BCUT2D eigenvalue weighted by Crippen LogP contribution is -2.23. The number of anilines is 1. The van der Waals surface area contributed by atoms with E-state index < -0.39 is 0 Å². The van der Waals surface area contributed by atoms with Crippen LogP contribution in [-0.4, -0.2) is 52.2 Å². The Bertz CT molecular complexity index is 834. The second kappa shape index (κ2) is 13.0. The zero-order valence-electron chi connectivity index (χ0n) is 17.1. The van der Waals surface area contributed by atoms with E-state index in [-0.39, 0.29) is 0 Å². The second-order valence-electron chi connectivity index (χ2n) is 6.05. The number of aliphatic hydroxyl groups excluding tert-OH is 2. The van der Waals surface area contributed by atoms with Gasteiger partial charge in [0.05, 0.1) is 11.0 Å². The van der Waals surface area contributed by atoms with Gasteiger partial charge < -0.3 is 31.6 Å². The number of unbranched alkanes of at least 4 members (excludes halogenated alkanes) is 1. The molecule has 7 N–H and O–H groups in total. The van der Waals surface area contributed by atoms with Crippen molar-refractivity contribution in [3.8, 4) is 0 Å². The monoisotopic (exact) mass is 390 g/mol. The average molecular weight is 391 g/mol. The average Bonchev–Trinajstić information content (AvgIpc) is 3.10. The molecule has 28 heavy (non-hydrogen) atoms. The fraction of sp³-hybridized carbons (Fsp3) is 0.500. The summed E-state index contributed by atoms with van der Waals surface area (Å²) in [4.78, 5) is 9.32. The molecular formula is C20H34N6O2. The van der Waals surface area contributed by atoms with Gasteiger partial charge in [0.25, 0.3) is 0 Å². The maximum atomic E-state index is 7.00. The van der Waals surface area contributed by atoms with Crippen LogP contribution in [0.4, 0.5) is 5.82 Å². The van der Waals surface area contributed by atoms with Crippen LogP contribution in [0.2, 0.25) is 0 Å². The fourth-order valence-electron chi connectivity index (χ4n) is 3.18. The maximum absolute atomic E-state index is 7.00. The number of imidazole rings is 1. The van der Waals surface area contributed by atoms with Crippen molar-refractivity contribution in [2.24, 2.45) is 5.73 Å². The van der Waals surface area contributed by atoms with Crippen LogP contribution in [0.15, 0.2) is 24.3 Å². The number of nitrogen functional groups attached to an aromatic ring is 1. The van der Waals surface area contributed by atoms with E-state index in [0.29, 0.717) is 12.5 Å². The van der Waals surface area contributed by atoms with E-state index >= 15 is 0 Å². The number of aryl methyl sites for hydroxylation is 2. The van der Waals surface area contributed by atoms with Gasteiger partial charge in [-0.15, -0.1) is 0 Å². The van der Waals surface area contributed by atoms with Gasteiger partial charge in [-0.1, -0.05) is 25.1 Å². The Morgan fingerprint density at radius 2 is 1.79 bits per heavy atom. The Balaban J connectivity index is 0.000000921. The van der Waals surface area contributed by atoms with Crippen LogP contribution in [0.1, 0.15) is 32.0 Å². The zero-order chi connectivity index (χ0) is 20.9.